The van der Waals surface area contributed by atoms with Crippen LogP contribution in [-0.4, -0.2) is 30.9 Å². The van der Waals surface area contributed by atoms with Crippen LogP contribution in [0.5, 0.6) is 11.5 Å². The third-order valence-electron chi connectivity index (χ3n) is 5.14. The quantitative estimate of drug-likeness (QED) is 0.316. The SMILES string of the molecule is O=C(Nc1ccc(-n2nc(-c3cccnc3)cc2C(F)(F)F)nn1)c1cccc(Oc2ccccc2)c1. The van der Waals surface area contributed by atoms with Crippen LogP contribution < -0.4 is 10.1 Å². The summed E-state index contributed by atoms with van der Waals surface area (Å²) >= 11 is 0. The maximum Gasteiger partial charge on any atom is 0.433 e. The summed E-state index contributed by atoms with van der Waals surface area (Å²) in [5, 5.41) is 14.3. The second-order valence-corrected chi connectivity index (χ2v) is 7.74. The standard InChI is InChI=1S/C26H17F3N6O2/c27-26(28,29)22-15-21(18-7-5-13-30-16-18)34-35(22)24-12-11-23(32-33-24)31-25(36)17-6-4-10-20(14-17)37-19-8-2-1-3-9-19/h1-16H,(H,31,32,36). The van der Waals surface area contributed by atoms with E-state index in [0.29, 0.717) is 27.3 Å². The first kappa shape index (κ1) is 23.7. The topological polar surface area (TPSA) is 94.8 Å². The van der Waals surface area contributed by atoms with Gasteiger partial charge in [-0.3, -0.25) is 9.78 Å². The van der Waals surface area contributed by atoms with Crippen LogP contribution in [0, 0.1) is 0 Å². The van der Waals surface area contributed by atoms with Crippen molar-refractivity contribution in [3.8, 4) is 28.6 Å². The van der Waals surface area contributed by atoms with Crippen molar-refractivity contribution < 1.29 is 22.7 Å². The zero-order valence-corrected chi connectivity index (χ0v) is 18.9. The number of alkyl halides is 3. The van der Waals surface area contributed by atoms with Crippen molar-refractivity contribution in [2.45, 2.75) is 6.18 Å². The van der Waals surface area contributed by atoms with Gasteiger partial charge >= 0.3 is 6.18 Å². The first-order chi connectivity index (χ1) is 17.9. The predicted octanol–water partition coefficient (Wildman–Crippen LogP) is 5.79. The highest BCUT2D eigenvalue weighted by Gasteiger charge is 2.37. The average Bonchev–Trinajstić information content (AvgIpc) is 3.37. The Kier molecular flexibility index (Phi) is 6.33. The Balaban J connectivity index is 1.35. The van der Waals surface area contributed by atoms with Crippen molar-refractivity contribution in [3.63, 3.8) is 0 Å². The number of benzene rings is 2. The normalized spacial score (nSPS) is 11.2. The minimum Gasteiger partial charge on any atom is -0.457 e. The minimum absolute atomic E-state index is 0.0522. The molecule has 0 bridgehead atoms. The summed E-state index contributed by atoms with van der Waals surface area (Å²) in [5.74, 6) is 0.470. The van der Waals surface area contributed by atoms with Gasteiger partial charge in [0.15, 0.2) is 17.3 Å². The Bertz CT molecular complexity index is 1520. The third kappa shape index (κ3) is 5.45. The second-order valence-electron chi connectivity index (χ2n) is 7.74. The van der Waals surface area contributed by atoms with E-state index in [2.05, 4.69) is 25.6 Å². The number of pyridine rings is 1. The molecule has 1 N–H and O–H groups in total. The summed E-state index contributed by atoms with van der Waals surface area (Å²) in [6, 6.07) is 22.4. The lowest BCUT2D eigenvalue weighted by atomic mass is 10.2. The summed E-state index contributed by atoms with van der Waals surface area (Å²) < 4.78 is 47.4. The molecule has 0 atom stereocenters. The van der Waals surface area contributed by atoms with Crippen LogP contribution in [0.1, 0.15) is 16.1 Å². The molecule has 0 fully saturated rings. The molecule has 0 saturated carbocycles. The number of nitrogens with zero attached hydrogens (tertiary/aromatic N) is 5. The first-order valence-corrected chi connectivity index (χ1v) is 10.9. The van der Waals surface area contributed by atoms with Crippen LogP contribution in [0.3, 0.4) is 0 Å². The lowest BCUT2D eigenvalue weighted by molar-refractivity contribution is -0.142. The van der Waals surface area contributed by atoms with Gasteiger partial charge in [-0.1, -0.05) is 24.3 Å². The van der Waals surface area contributed by atoms with Gasteiger partial charge in [0, 0.05) is 23.5 Å². The number of para-hydroxylation sites is 1. The first-order valence-electron chi connectivity index (χ1n) is 10.9. The number of rotatable bonds is 6. The number of hydrogen-bond donors (Lipinski definition) is 1. The molecule has 1 amide bonds. The average molecular weight is 502 g/mol. The minimum atomic E-state index is -4.69. The van der Waals surface area contributed by atoms with Crippen LogP contribution in [0.4, 0.5) is 19.0 Å². The summed E-state index contributed by atoms with van der Waals surface area (Å²) in [6.07, 6.45) is -1.76. The molecule has 3 aromatic heterocycles. The van der Waals surface area contributed by atoms with Gasteiger partial charge in [0.2, 0.25) is 0 Å². The van der Waals surface area contributed by atoms with E-state index in [1.54, 1.807) is 48.5 Å². The maximum absolute atomic E-state index is 13.7. The van der Waals surface area contributed by atoms with Crippen molar-refractivity contribution >= 4 is 11.7 Å². The molecule has 0 aliphatic heterocycles. The van der Waals surface area contributed by atoms with Gasteiger partial charge in [0.1, 0.15) is 11.5 Å². The van der Waals surface area contributed by atoms with E-state index < -0.39 is 17.8 Å². The van der Waals surface area contributed by atoms with E-state index in [-0.39, 0.29) is 17.3 Å². The number of hydrogen-bond acceptors (Lipinski definition) is 6. The zero-order valence-electron chi connectivity index (χ0n) is 18.9. The Hall–Kier alpha value is -5.06. The Labute approximate surface area is 208 Å². The Morgan fingerprint density at radius 2 is 1.68 bits per heavy atom. The van der Waals surface area contributed by atoms with Gasteiger partial charge in [-0.25, -0.2) is 4.68 Å². The predicted molar refractivity (Wildman–Crippen MR) is 128 cm³/mol. The Morgan fingerprint density at radius 1 is 0.865 bits per heavy atom. The van der Waals surface area contributed by atoms with Crippen molar-refractivity contribution in [2.24, 2.45) is 0 Å². The van der Waals surface area contributed by atoms with E-state index in [0.717, 1.165) is 6.07 Å². The number of carbonyl (C=O) groups is 1. The van der Waals surface area contributed by atoms with E-state index in [9.17, 15) is 18.0 Å². The number of halogens is 3. The van der Waals surface area contributed by atoms with E-state index in [1.807, 2.05) is 18.2 Å². The number of aromatic nitrogens is 5. The Morgan fingerprint density at radius 3 is 2.38 bits per heavy atom. The van der Waals surface area contributed by atoms with Gasteiger partial charge in [-0.05, 0) is 60.7 Å². The van der Waals surface area contributed by atoms with Gasteiger partial charge in [0.25, 0.3) is 5.91 Å². The van der Waals surface area contributed by atoms with E-state index in [4.69, 9.17) is 4.74 Å². The van der Waals surface area contributed by atoms with Crippen LogP contribution in [0.2, 0.25) is 0 Å². The van der Waals surface area contributed by atoms with Crippen LogP contribution in [0.15, 0.2) is 97.3 Å². The summed E-state index contributed by atoms with van der Waals surface area (Å²) in [5.41, 5.74) is -0.223. The highest BCUT2D eigenvalue weighted by atomic mass is 19.4. The second kappa shape index (κ2) is 9.90. The molecule has 184 valence electrons. The zero-order chi connectivity index (χ0) is 25.8. The highest BCUT2D eigenvalue weighted by Crippen LogP contribution is 2.33. The van der Waals surface area contributed by atoms with Crippen molar-refractivity contribution in [3.05, 3.63) is 109 Å². The van der Waals surface area contributed by atoms with Gasteiger partial charge in [-0.15, -0.1) is 10.2 Å². The van der Waals surface area contributed by atoms with Gasteiger partial charge < -0.3 is 10.1 Å². The molecule has 5 aromatic rings. The molecule has 37 heavy (non-hydrogen) atoms. The van der Waals surface area contributed by atoms with Crippen LogP contribution in [0.25, 0.3) is 17.1 Å². The molecule has 0 spiro atoms. The van der Waals surface area contributed by atoms with Crippen molar-refractivity contribution in [1.29, 1.82) is 0 Å². The van der Waals surface area contributed by atoms with Crippen molar-refractivity contribution in [2.75, 3.05) is 5.32 Å². The molecular weight excluding hydrogens is 485 g/mol. The smallest absolute Gasteiger partial charge is 0.433 e. The molecule has 11 heteroatoms. The van der Waals surface area contributed by atoms with E-state index >= 15 is 0 Å². The molecule has 0 aliphatic rings. The summed E-state index contributed by atoms with van der Waals surface area (Å²) in [7, 11) is 0. The van der Waals surface area contributed by atoms with Crippen molar-refractivity contribution in [1.82, 2.24) is 25.0 Å². The number of nitrogens with one attached hydrogen (secondary N) is 1. The lowest BCUT2D eigenvalue weighted by Gasteiger charge is -2.10. The maximum atomic E-state index is 13.7. The molecular formula is C26H17F3N6O2. The molecule has 3 heterocycles. The fraction of sp³-hybridized carbons (Fsp3) is 0.0385. The molecule has 0 saturated heterocycles. The third-order valence-corrected chi connectivity index (χ3v) is 5.14. The number of amides is 1. The number of carbonyl (C=O) groups excluding carboxylic acids is 1. The van der Waals surface area contributed by atoms with Gasteiger partial charge in [0.05, 0.1) is 5.69 Å². The number of anilines is 1. The summed E-state index contributed by atoms with van der Waals surface area (Å²) in [4.78, 5) is 16.6. The highest BCUT2D eigenvalue weighted by molar-refractivity contribution is 6.04. The lowest BCUT2D eigenvalue weighted by Crippen LogP contribution is -2.16. The molecule has 0 unspecified atom stereocenters. The fourth-order valence-electron chi connectivity index (χ4n) is 3.43. The van der Waals surface area contributed by atoms with Crippen LogP contribution >= 0.6 is 0 Å². The molecule has 5 rings (SSSR count). The summed E-state index contributed by atoms with van der Waals surface area (Å²) in [6.45, 7) is 0. The van der Waals surface area contributed by atoms with Gasteiger partial charge in [-0.2, -0.15) is 18.3 Å². The number of ether oxygens (including phenoxy) is 1. The van der Waals surface area contributed by atoms with Crippen LogP contribution in [-0.2, 0) is 6.18 Å². The molecule has 8 nitrogen and oxygen atoms in total. The molecule has 0 radical (unpaired) electrons. The molecule has 0 aliphatic carbocycles. The largest absolute Gasteiger partial charge is 0.457 e. The van der Waals surface area contributed by atoms with E-state index in [1.165, 1.54) is 24.5 Å². The fourth-order valence-corrected chi connectivity index (χ4v) is 3.43. The molecule has 2 aromatic carbocycles. The monoisotopic (exact) mass is 502 g/mol.